The Morgan fingerprint density at radius 1 is 1.08 bits per heavy atom. The molecule has 0 unspecified atom stereocenters. The zero-order valence-electron chi connectivity index (χ0n) is 13.8. The molecule has 7 nitrogen and oxygen atoms in total. The molecule has 0 saturated heterocycles. The van der Waals surface area contributed by atoms with E-state index >= 15 is 0 Å². The van der Waals surface area contributed by atoms with E-state index in [1.165, 1.54) is 4.57 Å². The lowest BCUT2D eigenvalue weighted by molar-refractivity contribution is 0.0880. The fraction of sp³-hybridized carbons (Fsp3) is 0.167. The number of carbonyl (C=O) groups excluding carboxylic acids is 2. The summed E-state index contributed by atoms with van der Waals surface area (Å²) in [5.74, 6) is -1.21. The van der Waals surface area contributed by atoms with Crippen LogP contribution in [0.15, 0.2) is 35.1 Å². The Hall–Kier alpha value is -3.35. The molecule has 0 atom stereocenters. The van der Waals surface area contributed by atoms with Crippen molar-refractivity contribution < 1.29 is 9.59 Å². The molecule has 0 radical (unpaired) electrons. The van der Waals surface area contributed by atoms with Crippen LogP contribution in [0.2, 0.25) is 0 Å². The quantitative estimate of drug-likeness (QED) is 0.694. The third-order valence-corrected chi connectivity index (χ3v) is 4.62. The van der Waals surface area contributed by atoms with Crippen LogP contribution in [-0.2, 0) is 6.54 Å². The highest BCUT2D eigenvalue weighted by molar-refractivity contribution is 6.23. The highest BCUT2D eigenvalue weighted by atomic mass is 16.2. The molecule has 4 rings (SSSR count). The Labute approximate surface area is 142 Å². The first-order valence-electron chi connectivity index (χ1n) is 7.94. The second-order valence-electron chi connectivity index (χ2n) is 6.05. The van der Waals surface area contributed by atoms with Gasteiger partial charge in [-0.2, -0.15) is 0 Å². The van der Waals surface area contributed by atoms with E-state index in [-0.39, 0.29) is 16.9 Å². The lowest BCUT2D eigenvalue weighted by Gasteiger charge is -2.12. The Balaban J connectivity index is 1.98. The molecular formula is C18H16N4O3. The molecule has 0 spiro atoms. The molecule has 3 heterocycles. The number of hydrogen-bond donors (Lipinski definition) is 2. The molecule has 25 heavy (non-hydrogen) atoms. The zero-order chi connectivity index (χ0) is 17.9. The van der Waals surface area contributed by atoms with E-state index in [4.69, 9.17) is 5.73 Å². The number of nitrogens with one attached hydrogen (secondary N) is 1. The average Bonchev–Trinajstić information content (AvgIpc) is 3.02. The molecule has 1 aliphatic heterocycles. The lowest BCUT2D eigenvalue weighted by atomic mass is 10.1. The smallest absolute Gasteiger partial charge is 0.262 e. The monoisotopic (exact) mass is 336 g/mol. The molecule has 3 N–H and O–H groups in total. The first kappa shape index (κ1) is 15.2. The number of nitrogens with zero attached hydrogens (tertiary/aromatic N) is 2. The number of nitrogen functional groups attached to an aromatic ring is 1. The third-order valence-electron chi connectivity index (χ3n) is 4.62. The minimum atomic E-state index is -0.595. The third kappa shape index (κ3) is 2.02. The van der Waals surface area contributed by atoms with Crippen LogP contribution in [0.25, 0.3) is 16.6 Å². The molecule has 0 saturated carbocycles. The van der Waals surface area contributed by atoms with E-state index in [1.807, 2.05) is 25.1 Å². The second-order valence-corrected chi connectivity index (χ2v) is 6.05. The number of anilines is 1. The van der Waals surface area contributed by atoms with Crippen LogP contribution < -0.4 is 16.6 Å². The summed E-state index contributed by atoms with van der Waals surface area (Å²) in [4.78, 5) is 36.2. The molecule has 2 amide bonds. The minimum Gasteiger partial charge on any atom is -0.384 e. The summed E-state index contributed by atoms with van der Waals surface area (Å²) in [5, 5.41) is 3.14. The SMILES string of the molecule is CCn1c(C)cc2cc(-n3c(N)c4c(cc3=O)C(=O)NC4=O)ccc21. The van der Waals surface area contributed by atoms with Gasteiger partial charge in [-0.05, 0) is 38.1 Å². The van der Waals surface area contributed by atoms with E-state index in [0.717, 1.165) is 29.2 Å². The van der Waals surface area contributed by atoms with Gasteiger partial charge in [-0.1, -0.05) is 0 Å². The van der Waals surface area contributed by atoms with Gasteiger partial charge in [-0.25, -0.2) is 0 Å². The minimum absolute atomic E-state index is 0.0257. The molecular weight excluding hydrogens is 320 g/mol. The molecule has 1 aromatic carbocycles. The predicted octanol–water partition coefficient (Wildman–Crippen LogP) is 1.59. The highest BCUT2D eigenvalue weighted by Crippen LogP contribution is 2.26. The summed E-state index contributed by atoms with van der Waals surface area (Å²) in [7, 11) is 0. The average molecular weight is 336 g/mol. The number of aryl methyl sites for hydroxylation is 2. The topological polar surface area (TPSA) is 99.1 Å². The van der Waals surface area contributed by atoms with Gasteiger partial charge in [0.15, 0.2) is 0 Å². The Bertz CT molecular complexity index is 1140. The summed E-state index contributed by atoms with van der Waals surface area (Å²) in [6, 6.07) is 8.75. The van der Waals surface area contributed by atoms with Gasteiger partial charge >= 0.3 is 0 Å². The van der Waals surface area contributed by atoms with Gasteiger partial charge in [0.1, 0.15) is 5.82 Å². The Morgan fingerprint density at radius 2 is 1.84 bits per heavy atom. The van der Waals surface area contributed by atoms with Gasteiger partial charge in [-0.3, -0.25) is 24.3 Å². The van der Waals surface area contributed by atoms with Crippen molar-refractivity contribution in [3.63, 3.8) is 0 Å². The van der Waals surface area contributed by atoms with Gasteiger partial charge in [0, 0.05) is 29.2 Å². The normalized spacial score (nSPS) is 13.4. The molecule has 0 fully saturated rings. The van der Waals surface area contributed by atoms with E-state index in [0.29, 0.717) is 5.69 Å². The number of imide groups is 1. The van der Waals surface area contributed by atoms with E-state index in [9.17, 15) is 14.4 Å². The number of pyridine rings is 1. The number of benzene rings is 1. The van der Waals surface area contributed by atoms with Crippen LogP contribution in [0.5, 0.6) is 0 Å². The number of fused-ring (bicyclic) bond motifs is 2. The number of nitrogens with two attached hydrogens (primary N) is 1. The van der Waals surface area contributed by atoms with Crippen molar-refractivity contribution in [2.45, 2.75) is 20.4 Å². The number of rotatable bonds is 2. The zero-order valence-corrected chi connectivity index (χ0v) is 13.8. The number of carbonyl (C=O) groups is 2. The van der Waals surface area contributed by atoms with Crippen molar-refractivity contribution in [2.24, 2.45) is 0 Å². The maximum atomic E-state index is 12.5. The summed E-state index contributed by atoms with van der Waals surface area (Å²) >= 11 is 0. The molecule has 3 aromatic rings. The molecule has 1 aliphatic rings. The van der Waals surface area contributed by atoms with Gasteiger partial charge in [0.2, 0.25) is 0 Å². The van der Waals surface area contributed by atoms with Crippen LogP contribution >= 0.6 is 0 Å². The predicted molar refractivity (Wildman–Crippen MR) is 94.2 cm³/mol. The Kier molecular flexibility index (Phi) is 3.08. The van der Waals surface area contributed by atoms with Gasteiger partial charge in [-0.15, -0.1) is 0 Å². The second kappa shape index (κ2) is 5.07. The lowest BCUT2D eigenvalue weighted by Crippen LogP contribution is -2.24. The summed E-state index contributed by atoms with van der Waals surface area (Å²) < 4.78 is 3.43. The molecule has 0 bridgehead atoms. The van der Waals surface area contributed by atoms with Gasteiger partial charge < -0.3 is 10.3 Å². The maximum absolute atomic E-state index is 12.5. The van der Waals surface area contributed by atoms with Crippen molar-refractivity contribution in [1.82, 2.24) is 14.5 Å². The number of aromatic nitrogens is 2. The standard InChI is InChI=1S/C18H16N4O3/c1-3-21-9(2)6-10-7-11(4-5-13(10)21)22-14(23)8-12-15(16(22)19)18(25)20-17(12)24/h4-8H,3,19H2,1-2H3,(H,20,24,25). The van der Waals surface area contributed by atoms with E-state index in [1.54, 1.807) is 6.07 Å². The van der Waals surface area contributed by atoms with Crippen molar-refractivity contribution >= 4 is 28.5 Å². The first-order chi connectivity index (χ1) is 11.9. The first-order valence-corrected chi connectivity index (χ1v) is 7.94. The fourth-order valence-electron chi connectivity index (χ4n) is 3.50. The summed E-state index contributed by atoms with van der Waals surface area (Å²) in [6.07, 6.45) is 0. The van der Waals surface area contributed by atoms with Crippen LogP contribution in [0, 0.1) is 6.92 Å². The van der Waals surface area contributed by atoms with Gasteiger partial charge in [0.25, 0.3) is 17.4 Å². The van der Waals surface area contributed by atoms with Crippen LogP contribution in [0.4, 0.5) is 5.82 Å². The highest BCUT2D eigenvalue weighted by Gasteiger charge is 2.31. The van der Waals surface area contributed by atoms with Crippen molar-refractivity contribution in [3.8, 4) is 5.69 Å². The number of amides is 2. The molecule has 0 aliphatic carbocycles. The fourth-order valence-corrected chi connectivity index (χ4v) is 3.50. The van der Waals surface area contributed by atoms with Crippen molar-refractivity contribution in [1.29, 1.82) is 0 Å². The molecule has 2 aromatic heterocycles. The summed E-state index contributed by atoms with van der Waals surface area (Å²) in [6.45, 7) is 4.94. The maximum Gasteiger partial charge on any atom is 0.262 e. The molecule has 7 heteroatoms. The largest absolute Gasteiger partial charge is 0.384 e. The van der Waals surface area contributed by atoms with Gasteiger partial charge in [0.05, 0.1) is 16.8 Å². The van der Waals surface area contributed by atoms with Crippen LogP contribution in [0.1, 0.15) is 33.3 Å². The van der Waals surface area contributed by atoms with E-state index in [2.05, 4.69) is 16.8 Å². The van der Waals surface area contributed by atoms with Crippen molar-refractivity contribution in [2.75, 3.05) is 5.73 Å². The van der Waals surface area contributed by atoms with Crippen LogP contribution in [0.3, 0.4) is 0 Å². The molecule has 126 valence electrons. The summed E-state index contributed by atoms with van der Waals surface area (Å²) in [5.41, 5.74) is 8.43. The van der Waals surface area contributed by atoms with Crippen molar-refractivity contribution in [3.05, 3.63) is 57.5 Å². The number of hydrogen-bond acceptors (Lipinski definition) is 4. The Morgan fingerprint density at radius 3 is 2.56 bits per heavy atom. The van der Waals surface area contributed by atoms with E-state index < -0.39 is 17.4 Å². The van der Waals surface area contributed by atoms with Crippen LogP contribution in [-0.4, -0.2) is 20.9 Å².